The Morgan fingerprint density at radius 1 is 1.13 bits per heavy atom. The molecule has 2 heteroatoms. The molecular weight excluding hydrogens is 250 g/mol. The summed E-state index contributed by atoms with van der Waals surface area (Å²) in [6, 6.07) is 4.04. The second-order valence-corrected chi connectivity index (χ2v) is 4.80. The largest absolute Gasteiger partial charge is 0.260 e. The van der Waals surface area contributed by atoms with Gasteiger partial charge in [-0.05, 0) is 40.9 Å². The molecule has 0 unspecified atom stereocenters. The van der Waals surface area contributed by atoms with Gasteiger partial charge in [0.05, 0.1) is 5.69 Å². The summed E-state index contributed by atoms with van der Waals surface area (Å²) in [5.41, 5.74) is 1.20. The molecule has 0 aliphatic heterocycles. The Bertz CT molecular complexity index is 273. The van der Waals surface area contributed by atoms with Crippen LogP contribution < -0.4 is 0 Å². The molecule has 0 spiro atoms. The molecular formula is C13H20BrN. The highest BCUT2D eigenvalue weighted by atomic mass is 79.9. The molecule has 0 atom stereocenters. The van der Waals surface area contributed by atoms with Gasteiger partial charge in [-0.25, -0.2) is 0 Å². The van der Waals surface area contributed by atoms with Crippen molar-refractivity contribution in [1.82, 2.24) is 4.98 Å². The molecule has 1 aromatic heterocycles. The first-order valence-electron chi connectivity index (χ1n) is 5.94. The minimum atomic E-state index is 1.10. The molecule has 0 fully saturated rings. The zero-order chi connectivity index (χ0) is 10.9. The van der Waals surface area contributed by atoms with Gasteiger partial charge in [0.15, 0.2) is 0 Å². The molecule has 1 heterocycles. The predicted octanol–water partition coefficient (Wildman–Crippen LogP) is 4.75. The summed E-state index contributed by atoms with van der Waals surface area (Å²) >= 11 is 3.53. The summed E-state index contributed by atoms with van der Waals surface area (Å²) in [6.07, 6.45) is 11.0. The van der Waals surface area contributed by atoms with Crippen LogP contribution in [0.25, 0.3) is 0 Å². The fraction of sp³-hybridized carbons (Fsp3) is 0.615. The van der Waals surface area contributed by atoms with E-state index in [1.807, 2.05) is 12.3 Å². The van der Waals surface area contributed by atoms with Gasteiger partial charge in [-0.1, -0.05) is 39.0 Å². The lowest BCUT2D eigenvalue weighted by molar-refractivity contribution is 0.604. The zero-order valence-corrected chi connectivity index (χ0v) is 11.1. The van der Waals surface area contributed by atoms with E-state index >= 15 is 0 Å². The lowest BCUT2D eigenvalue weighted by atomic mass is 10.1. The van der Waals surface area contributed by atoms with Gasteiger partial charge in [-0.15, -0.1) is 0 Å². The van der Waals surface area contributed by atoms with Crippen molar-refractivity contribution in [3.05, 3.63) is 28.5 Å². The predicted molar refractivity (Wildman–Crippen MR) is 69.0 cm³/mol. The molecule has 0 aliphatic carbocycles. The third-order valence-electron chi connectivity index (χ3n) is 2.60. The van der Waals surface area contributed by atoms with Crippen molar-refractivity contribution in [2.45, 2.75) is 51.9 Å². The first kappa shape index (κ1) is 12.7. The third kappa shape index (κ3) is 5.31. The van der Waals surface area contributed by atoms with Crippen LogP contribution >= 0.6 is 15.9 Å². The Kier molecular flexibility index (Phi) is 6.66. The van der Waals surface area contributed by atoms with Gasteiger partial charge in [0.25, 0.3) is 0 Å². The molecule has 0 saturated heterocycles. The molecule has 84 valence electrons. The minimum Gasteiger partial charge on any atom is -0.260 e. The topological polar surface area (TPSA) is 12.9 Å². The van der Waals surface area contributed by atoms with Crippen molar-refractivity contribution >= 4 is 15.9 Å². The van der Waals surface area contributed by atoms with Crippen molar-refractivity contribution < 1.29 is 0 Å². The van der Waals surface area contributed by atoms with E-state index in [1.165, 1.54) is 44.2 Å². The highest BCUT2D eigenvalue weighted by Crippen LogP contribution is 2.16. The SMILES string of the molecule is CCCCCCCCc1ncccc1Br. The maximum atomic E-state index is 4.37. The Morgan fingerprint density at radius 3 is 2.60 bits per heavy atom. The Labute approximate surface area is 101 Å². The fourth-order valence-electron chi connectivity index (χ4n) is 1.68. The van der Waals surface area contributed by atoms with Gasteiger partial charge >= 0.3 is 0 Å². The molecule has 0 saturated carbocycles. The van der Waals surface area contributed by atoms with Crippen LogP contribution in [0.3, 0.4) is 0 Å². The van der Waals surface area contributed by atoms with E-state index in [-0.39, 0.29) is 0 Å². The summed E-state index contributed by atoms with van der Waals surface area (Å²) in [5, 5.41) is 0. The summed E-state index contributed by atoms with van der Waals surface area (Å²) in [5.74, 6) is 0. The van der Waals surface area contributed by atoms with Crippen LogP contribution in [0, 0.1) is 0 Å². The van der Waals surface area contributed by atoms with Crippen LogP contribution in [0.15, 0.2) is 22.8 Å². The number of aromatic nitrogens is 1. The van der Waals surface area contributed by atoms with Crippen LogP contribution in [0.1, 0.15) is 51.1 Å². The highest BCUT2D eigenvalue weighted by Gasteiger charge is 1.99. The normalized spacial score (nSPS) is 10.5. The van der Waals surface area contributed by atoms with Gasteiger partial charge < -0.3 is 0 Å². The summed E-state index contributed by atoms with van der Waals surface area (Å²) < 4.78 is 1.15. The van der Waals surface area contributed by atoms with Crippen LogP contribution in [-0.4, -0.2) is 4.98 Å². The van der Waals surface area contributed by atoms with Crippen molar-refractivity contribution in [3.63, 3.8) is 0 Å². The summed E-state index contributed by atoms with van der Waals surface area (Å²) in [6.45, 7) is 2.25. The Hall–Kier alpha value is -0.370. The maximum absolute atomic E-state index is 4.37. The summed E-state index contributed by atoms with van der Waals surface area (Å²) in [4.78, 5) is 4.37. The number of hydrogen-bond acceptors (Lipinski definition) is 1. The van der Waals surface area contributed by atoms with Crippen molar-refractivity contribution in [2.75, 3.05) is 0 Å². The van der Waals surface area contributed by atoms with Crippen LogP contribution in [0.5, 0.6) is 0 Å². The number of halogens is 1. The van der Waals surface area contributed by atoms with E-state index < -0.39 is 0 Å². The molecule has 1 aromatic rings. The van der Waals surface area contributed by atoms with Crippen molar-refractivity contribution in [3.8, 4) is 0 Å². The fourth-order valence-corrected chi connectivity index (χ4v) is 2.13. The van der Waals surface area contributed by atoms with Gasteiger partial charge in [-0.2, -0.15) is 0 Å². The minimum absolute atomic E-state index is 1.10. The molecule has 0 amide bonds. The molecule has 0 aromatic carbocycles. The molecule has 0 N–H and O–H groups in total. The number of aryl methyl sites for hydroxylation is 1. The second-order valence-electron chi connectivity index (χ2n) is 3.95. The lowest BCUT2D eigenvalue weighted by Gasteiger charge is -2.02. The van der Waals surface area contributed by atoms with Gasteiger partial charge in [0, 0.05) is 10.7 Å². The van der Waals surface area contributed by atoms with E-state index in [4.69, 9.17) is 0 Å². The molecule has 1 nitrogen and oxygen atoms in total. The van der Waals surface area contributed by atoms with E-state index in [2.05, 4.69) is 33.9 Å². The van der Waals surface area contributed by atoms with E-state index in [0.717, 1.165) is 10.9 Å². The van der Waals surface area contributed by atoms with Crippen molar-refractivity contribution in [1.29, 1.82) is 0 Å². The standard InChI is InChI=1S/C13H20BrN/c1-2-3-4-5-6-7-10-13-12(14)9-8-11-15-13/h8-9,11H,2-7,10H2,1H3. The van der Waals surface area contributed by atoms with Crippen LogP contribution in [-0.2, 0) is 6.42 Å². The average Bonchev–Trinajstić information content (AvgIpc) is 2.25. The lowest BCUT2D eigenvalue weighted by Crippen LogP contribution is -1.91. The number of unbranched alkanes of at least 4 members (excludes halogenated alkanes) is 5. The van der Waals surface area contributed by atoms with Crippen LogP contribution in [0.2, 0.25) is 0 Å². The molecule has 0 radical (unpaired) electrons. The van der Waals surface area contributed by atoms with Crippen LogP contribution in [0.4, 0.5) is 0 Å². The number of rotatable bonds is 7. The Morgan fingerprint density at radius 2 is 1.87 bits per heavy atom. The average molecular weight is 270 g/mol. The van der Waals surface area contributed by atoms with Gasteiger partial charge in [-0.3, -0.25) is 4.98 Å². The molecule has 0 bridgehead atoms. The monoisotopic (exact) mass is 269 g/mol. The second kappa shape index (κ2) is 7.86. The molecule has 1 rings (SSSR count). The van der Waals surface area contributed by atoms with Crippen molar-refractivity contribution in [2.24, 2.45) is 0 Å². The Balaban J connectivity index is 2.12. The first-order valence-corrected chi connectivity index (χ1v) is 6.73. The third-order valence-corrected chi connectivity index (χ3v) is 3.32. The maximum Gasteiger partial charge on any atom is 0.0545 e. The zero-order valence-electron chi connectivity index (χ0n) is 9.51. The highest BCUT2D eigenvalue weighted by molar-refractivity contribution is 9.10. The smallest absolute Gasteiger partial charge is 0.0545 e. The number of pyridine rings is 1. The number of hydrogen-bond donors (Lipinski definition) is 0. The van der Waals surface area contributed by atoms with E-state index in [0.29, 0.717) is 0 Å². The summed E-state index contributed by atoms with van der Waals surface area (Å²) in [7, 11) is 0. The quantitative estimate of drug-likeness (QED) is 0.652. The van der Waals surface area contributed by atoms with Gasteiger partial charge in [0.1, 0.15) is 0 Å². The van der Waals surface area contributed by atoms with Gasteiger partial charge in [0.2, 0.25) is 0 Å². The first-order chi connectivity index (χ1) is 7.34. The van der Waals surface area contributed by atoms with E-state index in [9.17, 15) is 0 Å². The number of nitrogens with zero attached hydrogens (tertiary/aromatic N) is 1. The van der Waals surface area contributed by atoms with E-state index in [1.54, 1.807) is 0 Å². The molecule has 0 aliphatic rings. The molecule has 15 heavy (non-hydrogen) atoms.